The van der Waals surface area contributed by atoms with Gasteiger partial charge in [-0.1, -0.05) is 6.07 Å². The van der Waals surface area contributed by atoms with Crippen LogP contribution in [0.15, 0.2) is 18.2 Å². The molecule has 0 atom stereocenters. The molecule has 0 amide bonds. The second kappa shape index (κ2) is 5.52. The van der Waals surface area contributed by atoms with Gasteiger partial charge in [-0.15, -0.1) is 0 Å². The predicted molar refractivity (Wildman–Crippen MR) is 63.6 cm³/mol. The Hall–Kier alpha value is -1.78. The maximum Gasteiger partial charge on any atom is 0.225 e. The molecule has 7 heteroatoms. The third-order valence-corrected chi connectivity index (χ3v) is 3.14. The summed E-state index contributed by atoms with van der Waals surface area (Å²) in [6, 6.07) is 6.55. The molecule has 1 aromatic rings. The summed E-state index contributed by atoms with van der Waals surface area (Å²) < 4.78 is 29.7. The molecular formula is C10H13N3O3S. The molecule has 0 bridgehead atoms. The average molecular weight is 255 g/mol. The molecule has 0 fully saturated rings. The van der Waals surface area contributed by atoms with E-state index < -0.39 is 15.8 Å². The summed E-state index contributed by atoms with van der Waals surface area (Å²) in [5.74, 6) is -0.0211. The molecule has 1 rings (SSSR count). The zero-order valence-corrected chi connectivity index (χ0v) is 10.1. The minimum Gasteiger partial charge on any atom is -0.495 e. The van der Waals surface area contributed by atoms with Crippen molar-refractivity contribution in [3.63, 3.8) is 0 Å². The number of nitrogen functional groups attached to an aromatic ring is 1. The highest BCUT2D eigenvalue weighted by atomic mass is 32.2. The zero-order chi connectivity index (χ0) is 12.9. The molecule has 92 valence electrons. The number of ether oxygens (including phenoxy) is 1. The van der Waals surface area contributed by atoms with Gasteiger partial charge in [-0.3, -0.25) is 0 Å². The second-order valence-corrected chi connectivity index (χ2v) is 5.12. The Bertz CT molecular complexity index is 534. The van der Waals surface area contributed by atoms with E-state index in [1.165, 1.54) is 7.11 Å². The first-order valence-corrected chi connectivity index (χ1v) is 6.40. The van der Waals surface area contributed by atoms with Crippen LogP contribution in [0.4, 0.5) is 5.69 Å². The number of nitrogens with zero attached hydrogens (tertiary/aromatic N) is 1. The van der Waals surface area contributed by atoms with Crippen LogP contribution < -0.4 is 15.2 Å². The van der Waals surface area contributed by atoms with Crippen molar-refractivity contribution >= 4 is 15.7 Å². The number of anilines is 1. The van der Waals surface area contributed by atoms with Crippen LogP contribution in [0.1, 0.15) is 5.56 Å². The van der Waals surface area contributed by atoms with Gasteiger partial charge in [0.1, 0.15) is 5.75 Å². The van der Waals surface area contributed by atoms with Crippen LogP contribution in [0.5, 0.6) is 5.75 Å². The molecule has 0 saturated heterocycles. The molecule has 0 spiro atoms. The van der Waals surface area contributed by atoms with Crippen molar-refractivity contribution in [3.05, 3.63) is 23.8 Å². The van der Waals surface area contributed by atoms with E-state index in [1.54, 1.807) is 24.3 Å². The largest absolute Gasteiger partial charge is 0.495 e. The van der Waals surface area contributed by atoms with Gasteiger partial charge in [0.25, 0.3) is 0 Å². The van der Waals surface area contributed by atoms with Crippen molar-refractivity contribution in [2.24, 2.45) is 0 Å². The van der Waals surface area contributed by atoms with E-state index in [9.17, 15) is 8.42 Å². The fourth-order valence-corrected chi connectivity index (χ4v) is 1.88. The lowest BCUT2D eigenvalue weighted by Crippen LogP contribution is -2.25. The third kappa shape index (κ3) is 3.94. The lowest BCUT2D eigenvalue weighted by molar-refractivity contribution is 0.417. The van der Waals surface area contributed by atoms with Gasteiger partial charge < -0.3 is 10.5 Å². The van der Waals surface area contributed by atoms with Gasteiger partial charge in [-0.25, -0.2) is 13.1 Å². The van der Waals surface area contributed by atoms with Gasteiger partial charge in [-0.2, -0.15) is 5.26 Å². The Morgan fingerprint density at radius 1 is 1.53 bits per heavy atom. The fraction of sp³-hybridized carbons (Fsp3) is 0.300. The maximum atomic E-state index is 11.2. The number of hydrogen-bond acceptors (Lipinski definition) is 5. The van der Waals surface area contributed by atoms with Gasteiger partial charge in [0, 0.05) is 6.54 Å². The number of nitrogens with two attached hydrogens (primary N) is 1. The zero-order valence-electron chi connectivity index (χ0n) is 9.30. The molecule has 0 aliphatic carbocycles. The van der Waals surface area contributed by atoms with Crippen LogP contribution in [0, 0.1) is 11.3 Å². The molecule has 17 heavy (non-hydrogen) atoms. The fourth-order valence-electron chi connectivity index (χ4n) is 1.22. The molecular weight excluding hydrogens is 242 g/mol. The molecule has 0 heterocycles. The van der Waals surface area contributed by atoms with Crippen LogP contribution in [0.25, 0.3) is 0 Å². The van der Waals surface area contributed by atoms with E-state index in [4.69, 9.17) is 15.7 Å². The van der Waals surface area contributed by atoms with Crippen LogP contribution in [-0.4, -0.2) is 21.3 Å². The Kier molecular flexibility index (Phi) is 4.31. The van der Waals surface area contributed by atoms with Gasteiger partial charge in [0.2, 0.25) is 10.0 Å². The van der Waals surface area contributed by atoms with Crippen molar-refractivity contribution in [1.29, 1.82) is 5.26 Å². The number of benzene rings is 1. The van der Waals surface area contributed by atoms with Crippen LogP contribution in [0.3, 0.4) is 0 Å². The number of nitriles is 1. The first-order valence-electron chi connectivity index (χ1n) is 4.75. The van der Waals surface area contributed by atoms with E-state index in [1.807, 2.05) is 0 Å². The lowest BCUT2D eigenvalue weighted by atomic mass is 10.2. The second-order valence-electron chi connectivity index (χ2n) is 3.31. The average Bonchev–Trinajstić information content (AvgIpc) is 2.27. The molecule has 1 aromatic carbocycles. The Labute approximate surface area is 100 Å². The number of hydrogen-bond donors (Lipinski definition) is 2. The normalized spacial score (nSPS) is 10.8. The summed E-state index contributed by atoms with van der Waals surface area (Å²) in [5.41, 5.74) is 6.81. The van der Waals surface area contributed by atoms with Gasteiger partial charge in [0.15, 0.2) is 5.75 Å². The van der Waals surface area contributed by atoms with Crippen molar-refractivity contribution < 1.29 is 13.2 Å². The SMILES string of the molecule is COc1ccc(CNS(=O)(=O)CC#N)cc1N. The monoisotopic (exact) mass is 255 g/mol. The summed E-state index contributed by atoms with van der Waals surface area (Å²) in [4.78, 5) is 0. The quantitative estimate of drug-likeness (QED) is 0.732. The van der Waals surface area contributed by atoms with E-state index in [-0.39, 0.29) is 6.54 Å². The van der Waals surface area contributed by atoms with Crippen molar-refractivity contribution in [2.75, 3.05) is 18.6 Å². The van der Waals surface area contributed by atoms with E-state index in [0.29, 0.717) is 17.0 Å². The van der Waals surface area contributed by atoms with Crippen molar-refractivity contribution in [3.8, 4) is 11.8 Å². The molecule has 0 saturated carbocycles. The smallest absolute Gasteiger partial charge is 0.225 e. The first-order chi connectivity index (χ1) is 7.98. The van der Waals surface area contributed by atoms with E-state index in [2.05, 4.69) is 4.72 Å². The van der Waals surface area contributed by atoms with Crippen molar-refractivity contribution in [2.45, 2.75) is 6.54 Å². The Balaban J connectivity index is 2.71. The summed E-state index contributed by atoms with van der Waals surface area (Å²) in [7, 11) is -2.04. The summed E-state index contributed by atoms with van der Waals surface area (Å²) >= 11 is 0. The standard InChI is InChI=1S/C10H13N3O3S/c1-16-10-3-2-8(6-9(10)12)7-13-17(14,15)5-4-11/h2-3,6,13H,5,7,12H2,1H3. The summed E-state index contributed by atoms with van der Waals surface area (Å²) in [6.45, 7) is 0.0954. The third-order valence-electron chi connectivity index (χ3n) is 2.04. The van der Waals surface area contributed by atoms with Crippen LogP contribution in [-0.2, 0) is 16.6 Å². The van der Waals surface area contributed by atoms with Gasteiger partial charge in [0.05, 0.1) is 18.9 Å². The van der Waals surface area contributed by atoms with Crippen LogP contribution >= 0.6 is 0 Å². The predicted octanol–water partition coefficient (Wildman–Crippen LogP) is 0.220. The molecule has 3 N–H and O–H groups in total. The minimum atomic E-state index is -3.54. The molecule has 0 aliphatic heterocycles. The van der Waals surface area contributed by atoms with Gasteiger partial charge in [-0.05, 0) is 17.7 Å². The number of rotatable bonds is 5. The highest BCUT2D eigenvalue weighted by Crippen LogP contribution is 2.21. The molecule has 6 nitrogen and oxygen atoms in total. The highest BCUT2D eigenvalue weighted by Gasteiger charge is 2.09. The highest BCUT2D eigenvalue weighted by molar-refractivity contribution is 7.89. The summed E-state index contributed by atoms with van der Waals surface area (Å²) in [6.07, 6.45) is 0. The topological polar surface area (TPSA) is 105 Å². The van der Waals surface area contributed by atoms with Crippen molar-refractivity contribution in [1.82, 2.24) is 4.72 Å². The van der Waals surface area contributed by atoms with Gasteiger partial charge >= 0.3 is 0 Å². The molecule has 0 aromatic heterocycles. The van der Waals surface area contributed by atoms with Crippen LogP contribution in [0.2, 0.25) is 0 Å². The molecule has 0 radical (unpaired) electrons. The Morgan fingerprint density at radius 3 is 2.76 bits per heavy atom. The lowest BCUT2D eigenvalue weighted by Gasteiger charge is -2.07. The van der Waals surface area contributed by atoms with E-state index >= 15 is 0 Å². The number of methoxy groups -OCH3 is 1. The molecule has 0 aliphatic rings. The minimum absolute atomic E-state index is 0.0954. The Morgan fingerprint density at radius 2 is 2.24 bits per heavy atom. The maximum absolute atomic E-state index is 11.2. The first kappa shape index (κ1) is 13.3. The number of sulfonamides is 1. The number of nitrogens with one attached hydrogen (secondary N) is 1. The van der Waals surface area contributed by atoms with E-state index in [0.717, 1.165) is 0 Å². The summed E-state index contributed by atoms with van der Waals surface area (Å²) in [5, 5.41) is 8.31. The molecule has 0 unspecified atom stereocenters.